The van der Waals surface area contributed by atoms with E-state index in [2.05, 4.69) is 9.97 Å². The number of hydrogen-bond acceptors (Lipinski definition) is 3. The van der Waals surface area contributed by atoms with Gasteiger partial charge in [-0.1, -0.05) is 0 Å². The van der Waals surface area contributed by atoms with Gasteiger partial charge in [-0.05, 0) is 24.3 Å². The Labute approximate surface area is 112 Å². The van der Waals surface area contributed by atoms with Crippen molar-refractivity contribution in [1.82, 2.24) is 9.97 Å². The van der Waals surface area contributed by atoms with Gasteiger partial charge in [0.15, 0.2) is 11.6 Å². The number of hydrogen-bond donors (Lipinski definition) is 2. The van der Waals surface area contributed by atoms with Crippen LogP contribution in [0.2, 0.25) is 0 Å². The largest absolute Gasteiger partial charge is 0.396 e. The third-order valence-electron chi connectivity index (χ3n) is 3.01. The summed E-state index contributed by atoms with van der Waals surface area (Å²) in [5.41, 5.74) is 5.26. The Morgan fingerprint density at radius 3 is 2.85 bits per heavy atom. The van der Waals surface area contributed by atoms with Crippen molar-refractivity contribution in [2.24, 2.45) is 0 Å². The molecule has 1 aromatic carbocycles. The number of nitrogens with one attached hydrogen (secondary N) is 1. The van der Waals surface area contributed by atoms with E-state index in [1.807, 2.05) is 0 Å². The van der Waals surface area contributed by atoms with E-state index in [1.54, 1.807) is 18.3 Å². The standard InChI is InChI=1S/C14H9F2N3O/c15-7-4-9(12(16)11(17)5-7)13(20)10-6-19-14-8(10)2-1-3-18-14/h1-6H,17H2,(H,18,19). The molecule has 2 heterocycles. The smallest absolute Gasteiger partial charge is 0.198 e. The van der Waals surface area contributed by atoms with E-state index in [0.29, 0.717) is 11.0 Å². The zero-order chi connectivity index (χ0) is 14.3. The summed E-state index contributed by atoms with van der Waals surface area (Å²) in [4.78, 5) is 19.2. The molecule has 0 aliphatic rings. The minimum Gasteiger partial charge on any atom is -0.396 e. The number of aromatic nitrogens is 2. The fourth-order valence-electron chi connectivity index (χ4n) is 2.06. The molecule has 0 amide bonds. The van der Waals surface area contributed by atoms with Crippen LogP contribution in [0.1, 0.15) is 15.9 Å². The van der Waals surface area contributed by atoms with E-state index in [1.165, 1.54) is 6.20 Å². The lowest BCUT2D eigenvalue weighted by Gasteiger charge is -2.04. The van der Waals surface area contributed by atoms with Crippen LogP contribution in [0.3, 0.4) is 0 Å². The van der Waals surface area contributed by atoms with Gasteiger partial charge >= 0.3 is 0 Å². The van der Waals surface area contributed by atoms with Gasteiger partial charge in [0.1, 0.15) is 11.5 Å². The second-order valence-corrected chi connectivity index (χ2v) is 4.29. The van der Waals surface area contributed by atoms with Gasteiger partial charge in [0.25, 0.3) is 0 Å². The average Bonchev–Trinajstić information content (AvgIpc) is 2.86. The summed E-state index contributed by atoms with van der Waals surface area (Å²) < 4.78 is 27.2. The molecule has 0 saturated carbocycles. The second-order valence-electron chi connectivity index (χ2n) is 4.29. The first-order valence-electron chi connectivity index (χ1n) is 5.79. The normalized spacial score (nSPS) is 10.9. The molecule has 6 heteroatoms. The quantitative estimate of drug-likeness (QED) is 0.557. The van der Waals surface area contributed by atoms with Crippen LogP contribution in [0.15, 0.2) is 36.7 Å². The van der Waals surface area contributed by atoms with Gasteiger partial charge in [0.05, 0.1) is 11.3 Å². The van der Waals surface area contributed by atoms with Crippen LogP contribution in [-0.2, 0) is 0 Å². The third kappa shape index (κ3) is 1.82. The van der Waals surface area contributed by atoms with Gasteiger partial charge in [0, 0.05) is 23.3 Å². The SMILES string of the molecule is Nc1cc(F)cc(C(=O)c2c[nH]c3ncccc23)c1F. The Morgan fingerprint density at radius 2 is 2.05 bits per heavy atom. The van der Waals surface area contributed by atoms with Gasteiger partial charge in [0.2, 0.25) is 0 Å². The van der Waals surface area contributed by atoms with Crippen molar-refractivity contribution in [3.63, 3.8) is 0 Å². The Bertz CT molecular complexity index is 826. The van der Waals surface area contributed by atoms with E-state index >= 15 is 0 Å². The zero-order valence-electron chi connectivity index (χ0n) is 10.2. The number of carbonyl (C=O) groups excluding carboxylic acids is 1. The van der Waals surface area contributed by atoms with Crippen molar-refractivity contribution >= 4 is 22.5 Å². The minimum absolute atomic E-state index is 0.219. The van der Waals surface area contributed by atoms with Crippen molar-refractivity contribution in [3.8, 4) is 0 Å². The molecule has 0 aliphatic carbocycles. The fourth-order valence-corrected chi connectivity index (χ4v) is 2.06. The predicted molar refractivity (Wildman–Crippen MR) is 70.3 cm³/mol. The molecule has 4 nitrogen and oxygen atoms in total. The monoisotopic (exact) mass is 273 g/mol. The van der Waals surface area contributed by atoms with Crippen molar-refractivity contribution in [2.75, 3.05) is 5.73 Å². The molecule has 3 N–H and O–H groups in total. The summed E-state index contributed by atoms with van der Waals surface area (Å²) in [6.07, 6.45) is 2.98. The number of benzene rings is 1. The number of anilines is 1. The van der Waals surface area contributed by atoms with Gasteiger partial charge in [-0.2, -0.15) is 0 Å². The molecule has 0 radical (unpaired) electrons. The van der Waals surface area contributed by atoms with Crippen LogP contribution in [0.4, 0.5) is 14.5 Å². The first-order chi connectivity index (χ1) is 9.58. The van der Waals surface area contributed by atoms with Crippen LogP contribution >= 0.6 is 0 Å². The summed E-state index contributed by atoms with van der Waals surface area (Å²) in [6, 6.07) is 5.00. The number of nitrogens with two attached hydrogens (primary N) is 1. The van der Waals surface area contributed by atoms with Crippen molar-refractivity contribution in [1.29, 1.82) is 0 Å². The van der Waals surface area contributed by atoms with Gasteiger partial charge in [-0.15, -0.1) is 0 Å². The molecule has 20 heavy (non-hydrogen) atoms. The first kappa shape index (κ1) is 12.3. The van der Waals surface area contributed by atoms with E-state index in [4.69, 9.17) is 5.73 Å². The molecule has 100 valence electrons. The van der Waals surface area contributed by atoms with Crippen LogP contribution < -0.4 is 5.73 Å². The minimum atomic E-state index is -0.922. The molecule has 0 fully saturated rings. The molecular weight excluding hydrogens is 264 g/mol. The van der Waals surface area contributed by atoms with E-state index in [-0.39, 0.29) is 5.56 Å². The number of pyridine rings is 1. The number of rotatable bonds is 2. The van der Waals surface area contributed by atoms with Crippen molar-refractivity contribution in [3.05, 3.63) is 59.4 Å². The molecule has 0 spiro atoms. The highest BCUT2D eigenvalue weighted by molar-refractivity contribution is 6.16. The topological polar surface area (TPSA) is 71.8 Å². The lowest BCUT2D eigenvalue weighted by atomic mass is 10.0. The third-order valence-corrected chi connectivity index (χ3v) is 3.01. The molecule has 0 saturated heterocycles. The van der Waals surface area contributed by atoms with Gasteiger partial charge in [-0.25, -0.2) is 13.8 Å². The van der Waals surface area contributed by atoms with Gasteiger partial charge in [-0.3, -0.25) is 4.79 Å². The zero-order valence-corrected chi connectivity index (χ0v) is 10.2. The Morgan fingerprint density at radius 1 is 1.25 bits per heavy atom. The summed E-state index contributed by atoms with van der Waals surface area (Å²) >= 11 is 0. The summed E-state index contributed by atoms with van der Waals surface area (Å²) in [6.45, 7) is 0. The van der Waals surface area contributed by atoms with Crippen LogP contribution in [0.5, 0.6) is 0 Å². The van der Waals surface area contributed by atoms with Crippen LogP contribution in [0, 0.1) is 11.6 Å². The second kappa shape index (κ2) is 4.41. The Hall–Kier alpha value is -2.76. The molecule has 0 aliphatic heterocycles. The maximum atomic E-state index is 13.9. The molecule has 0 bridgehead atoms. The van der Waals surface area contributed by atoms with E-state index in [0.717, 1.165) is 12.1 Å². The highest BCUT2D eigenvalue weighted by Crippen LogP contribution is 2.24. The highest BCUT2D eigenvalue weighted by Gasteiger charge is 2.20. The number of nitrogen functional groups attached to an aromatic ring is 1. The lowest BCUT2D eigenvalue weighted by molar-refractivity contribution is 0.103. The molecule has 0 atom stereocenters. The number of aromatic amines is 1. The average molecular weight is 273 g/mol. The van der Waals surface area contributed by atoms with Gasteiger partial charge < -0.3 is 10.7 Å². The van der Waals surface area contributed by atoms with Crippen molar-refractivity contribution < 1.29 is 13.6 Å². The fraction of sp³-hybridized carbons (Fsp3) is 0. The first-order valence-corrected chi connectivity index (χ1v) is 5.79. The Kier molecular flexibility index (Phi) is 2.71. The summed E-state index contributed by atoms with van der Waals surface area (Å²) in [5, 5.41) is 0.541. The van der Waals surface area contributed by atoms with E-state index in [9.17, 15) is 13.6 Å². The predicted octanol–water partition coefficient (Wildman–Crippen LogP) is 2.65. The molecule has 0 unspecified atom stereocenters. The summed E-state index contributed by atoms with van der Waals surface area (Å²) in [5.74, 6) is -2.33. The maximum absolute atomic E-state index is 13.9. The van der Waals surface area contributed by atoms with Crippen LogP contribution in [0.25, 0.3) is 11.0 Å². The van der Waals surface area contributed by atoms with E-state index < -0.39 is 28.7 Å². The number of H-pyrrole nitrogens is 1. The number of fused-ring (bicyclic) bond motifs is 1. The molecule has 3 rings (SSSR count). The molecular formula is C14H9F2N3O. The summed E-state index contributed by atoms with van der Waals surface area (Å²) in [7, 11) is 0. The molecule has 3 aromatic rings. The van der Waals surface area contributed by atoms with Crippen molar-refractivity contribution in [2.45, 2.75) is 0 Å². The lowest BCUT2D eigenvalue weighted by Crippen LogP contribution is -2.07. The highest BCUT2D eigenvalue weighted by atomic mass is 19.1. The number of ketones is 1. The number of nitrogens with zero attached hydrogens (tertiary/aromatic N) is 1. The molecule has 2 aromatic heterocycles. The Balaban J connectivity index is 2.18. The van der Waals surface area contributed by atoms with Crippen LogP contribution in [-0.4, -0.2) is 15.8 Å². The number of carbonyl (C=O) groups is 1. The maximum Gasteiger partial charge on any atom is 0.198 e. The number of halogens is 2.